The molecular weight excluding hydrogens is 500 g/mol. The van der Waals surface area contributed by atoms with Gasteiger partial charge in [-0.1, -0.05) is 44.6 Å². The molecule has 2 saturated heterocycles. The molecule has 34 heavy (non-hydrogen) atoms. The first kappa shape index (κ1) is 54.1. The molecule has 0 aromatic carbocycles. The van der Waals surface area contributed by atoms with E-state index in [1.807, 2.05) is 0 Å². The molecule has 2 heterocycles. The average Bonchev–Trinajstić information content (AvgIpc) is 2.76. The number of ether oxygens (including phenoxy) is 2. The molecule has 2 aliphatic rings. The van der Waals surface area contributed by atoms with Crippen molar-refractivity contribution in [3.05, 3.63) is 0 Å². The van der Waals surface area contributed by atoms with Gasteiger partial charge in [-0.3, -0.25) is 8.78 Å². The van der Waals surface area contributed by atoms with Crippen molar-refractivity contribution in [3.8, 4) is 0 Å². The van der Waals surface area contributed by atoms with Gasteiger partial charge in [-0.25, -0.2) is 22.0 Å². The minimum Gasteiger partial charge on any atom is -0.333 e. The van der Waals surface area contributed by atoms with Gasteiger partial charge in [-0.2, -0.15) is 22.0 Å². The van der Waals surface area contributed by atoms with Gasteiger partial charge in [-0.15, -0.1) is 0 Å². The van der Waals surface area contributed by atoms with E-state index in [1.54, 1.807) is 0 Å². The third-order valence-corrected chi connectivity index (χ3v) is 3.38. The Balaban J connectivity index is -0.0000000501. The van der Waals surface area contributed by atoms with Crippen LogP contribution in [-0.4, -0.2) is 68.9 Å². The molecule has 0 aromatic heterocycles. The third-order valence-electron chi connectivity index (χ3n) is 3.38. The van der Waals surface area contributed by atoms with Crippen LogP contribution < -0.4 is 0 Å². The van der Waals surface area contributed by atoms with Crippen LogP contribution in [0.25, 0.3) is 0 Å². The van der Waals surface area contributed by atoms with Crippen LogP contribution in [0.1, 0.15) is 65.3 Å². The van der Waals surface area contributed by atoms with Crippen molar-refractivity contribution in [1.29, 1.82) is 0 Å². The van der Waals surface area contributed by atoms with Gasteiger partial charge in [0, 0.05) is 6.92 Å². The fourth-order valence-electron chi connectivity index (χ4n) is 1.61. The molecule has 0 aromatic rings. The topological polar surface area (TPSA) is 18.5 Å². The molecule has 2 aliphatic heterocycles. The van der Waals surface area contributed by atoms with Gasteiger partial charge in [0.1, 0.15) is 6.67 Å². The molecule has 0 bridgehead atoms. The summed E-state index contributed by atoms with van der Waals surface area (Å²) in [6.45, 7) is -2.50. The molecule has 0 amide bonds. The van der Waals surface area contributed by atoms with E-state index in [1.165, 1.54) is 6.92 Å². The molecule has 2 rings (SSSR count). The van der Waals surface area contributed by atoms with Gasteiger partial charge in [0.05, 0.1) is 27.1 Å². The van der Waals surface area contributed by atoms with Crippen molar-refractivity contribution in [3.63, 3.8) is 0 Å². The largest absolute Gasteiger partial charge is 0.394 e. The van der Waals surface area contributed by atoms with Crippen molar-refractivity contribution in [2.75, 3.05) is 33.7 Å². The Morgan fingerprint density at radius 2 is 1.06 bits per heavy atom. The Hall–Kier alpha value is -0.920. The van der Waals surface area contributed by atoms with Gasteiger partial charge >= 0.3 is 23.8 Å². The van der Waals surface area contributed by atoms with Crippen molar-refractivity contribution in [2.24, 2.45) is 0 Å². The molecule has 3 unspecified atom stereocenters. The highest BCUT2D eigenvalue weighted by Crippen LogP contribution is 2.56. The predicted octanol–water partition coefficient (Wildman–Crippen LogP) is 9.37. The summed E-state index contributed by atoms with van der Waals surface area (Å²) in [6, 6.07) is 0. The molecule has 0 saturated carbocycles. The van der Waals surface area contributed by atoms with Crippen molar-refractivity contribution < 1.29 is 62.2 Å². The van der Waals surface area contributed by atoms with Gasteiger partial charge in [-0.05, 0) is 13.8 Å². The van der Waals surface area contributed by atoms with Crippen molar-refractivity contribution >= 4 is 0 Å². The van der Waals surface area contributed by atoms with Gasteiger partial charge in [0.2, 0.25) is 5.67 Å². The highest BCUT2D eigenvalue weighted by atomic mass is 19.3. The van der Waals surface area contributed by atoms with Crippen LogP contribution in [-0.2, 0) is 9.47 Å². The van der Waals surface area contributed by atoms with E-state index in [2.05, 4.69) is 9.47 Å². The first-order valence-electron chi connectivity index (χ1n) is 7.37. The maximum absolute atomic E-state index is 13.1. The first-order chi connectivity index (χ1) is 12.4. The number of hydrogen-bond acceptors (Lipinski definition) is 2. The zero-order chi connectivity index (χ0) is 23.2. The molecule has 0 spiro atoms. The number of hydrogen-bond donors (Lipinski definition) is 0. The van der Waals surface area contributed by atoms with Gasteiger partial charge in [0.15, 0.2) is 0 Å². The predicted molar refractivity (Wildman–Crippen MR) is 115 cm³/mol. The molecule has 0 N–H and O–H groups in total. The minimum atomic E-state index is -4.88. The lowest BCUT2D eigenvalue weighted by atomic mass is 9.94. The van der Waals surface area contributed by atoms with Crippen LogP contribution in [0.5, 0.6) is 0 Å². The van der Waals surface area contributed by atoms with Crippen LogP contribution in [0, 0.1) is 0 Å². The summed E-state index contributed by atoms with van der Waals surface area (Å²) >= 11 is 0. The second-order valence-corrected chi connectivity index (χ2v) is 5.72. The summed E-state index contributed by atoms with van der Waals surface area (Å²) in [6.07, 6.45) is -3.91. The fourth-order valence-corrected chi connectivity index (χ4v) is 1.61. The summed E-state index contributed by atoms with van der Waals surface area (Å²) in [7, 11) is 0.500. The normalized spacial score (nSPS) is 28.9. The fraction of sp³-hybridized carbons (Fsp3) is 1.00. The van der Waals surface area contributed by atoms with Crippen LogP contribution in [0.15, 0.2) is 0 Å². The number of alkyl halides is 12. The quantitative estimate of drug-likeness (QED) is 0.323. The van der Waals surface area contributed by atoms with Crippen molar-refractivity contribution in [1.82, 2.24) is 0 Å². The lowest BCUT2D eigenvalue weighted by molar-refractivity contribution is -0.404. The summed E-state index contributed by atoms with van der Waals surface area (Å²) < 4.78 is 151. The molecule has 14 heteroatoms. The van der Waals surface area contributed by atoms with Crippen LogP contribution >= 0.6 is 0 Å². The molecule has 0 radical (unpaired) electrons. The zero-order valence-electron chi connectivity index (χ0n) is 15.2. The highest BCUT2D eigenvalue weighted by Gasteiger charge is 2.81. The molecule has 3 atom stereocenters. The molecular formula is C20H44F12O2. The van der Waals surface area contributed by atoms with E-state index in [4.69, 9.17) is 0 Å². The van der Waals surface area contributed by atoms with E-state index in [0.29, 0.717) is 14.1 Å². The Morgan fingerprint density at radius 1 is 0.735 bits per heavy atom. The van der Waals surface area contributed by atoms with E-state index >= 15 is 0 Å². The van der Waals surface area contributed by atoms with Crippen LogP contribution in [0.2, 0.25) is 0 Å². The van der Waals surface area contributed by atoms with Crippen LogP contribution in [0.4, 0.5) is 52.7 Å². The van der Waals surface area contributed by atoms with Gasteiger partial charge < -0.3 is 9.47 Å². The van der Waals surface area contributed by atoms with E-state index in [-0.39, 0.29) is 58.2 Å². The van der Waals surface area contributed by atoms with Gasteiger partial charge in [0.25, 0.3) is 5.67 Å². The van der Waals surface area contributed by atoms with E-state index in [9.17, 15) is 52.7 Å². The monoisotopic (exact) mass is 544 g/mol. The standard InChI is InChI=1S/C7H8F6O.C4H4F4O.C2H5F.CH3F.6CH4/c1-4(8)3-14-7(13,5(2,9)10)6(4,11)12;5-1-3(6)2-9-4(3,7)8;1-2-3;1-2;;;;;;/h3H2,1-2H3;1-2H2;2H2,1H3;1H3;6*1H4. The van der Waals surface area contributed by atoms with Crippen LogP contribution in [0.3, 0.4) is 0 Å². The highest BCUT2D eigenvalue weighted by molar-refractivity contribution is 5.10. The maximum Gasteiger partial charge on any atom is 0.394 e. The molecule has 0 aliphatic carbocycles. The third kappa shape index (κ3) is 10.4. The Labute approximate surface area is 197 Å². The minimum absolute atomic E-state index is 0. The second-order valence-electron chi connectivity index (χ2n) is 5.72. The Bertz CT molecular complexity index is 469. The first-order valence-corrected chi connectivity index (χ1v) is 7.37. The summed E-state index contributed by atoms with van der Waals surface area (Å²) in [4.78, 5) is 0. The summed E-state index contributed by atoms with van der Waals surface area (Å²) in [5.74, 6) is -13.9. The van der Waals surface area contributed by atoms with E-state index in [0.717, 1.165) is 0 Å². The molecule has 2 fully saturated rings. The summed E-state index contributed by atoms with van der Waals surface area (Å²) in [5, 5.41) is 0. The maximum atomic E-state index is 13.1. The molecule has 2 nitrogen and oxygen atoms in total. The SMILES string of the molecule is C.C.C.C.C.C.CC(F)(F)C1(F)OCC(C)(F)C1(F)F.CCF.CF.FCC1(F)COC1(F)F. The Kier molecular flexibility index (Phi) is 29.2. The second kappa shape index (κ2) is 18.4. The number of halogens is 12. The van der Waals surface area contributed by atoms with E-state index < -0.39 is 55.0 Å². The smallest absolute Gasteiger partial charge is 0.333 e. The van der Waals surface area contributed by atoms with Crippen molar-refractivity contribution in [2.45, 2.75) is 100 Å². The molecule has 220 valence electrons. The lowest BCUT2D eigenvalue weighted by Gasteiger charge is -2.39. The number of rotatable bonds is 2. The summed E-state index contributed by atoms with van der Waals surface area (Å²) in [5.41, 5.74) is -6.49. The lowest BCUT2D eigenvalue weighted by Crippen LogP contribution is -2.62. The average molecular weight is 545 g/mol. The Morgan fingerprint density at radius 3 is 1.12 bits per heavy atom. The zero-order valence-corrected chi connectivity index (χ0v) is 15.2.